The molecule has 0 aliphatic heterocycles. The standard InChI is InChI=1S/C8H13NO/c1-4-8(10)7(3)6-9-5-2/h1,7,9H,5-6H2,2-3H3. The van der Waals surface area contributed by atoms with Gasteiger partial charge >= 0.3 is 0 Å². The molecule has 0 saturated heterocycles. The molecule has 0 aliphatic rings. The monoisotopic (exact) mass is 139 g/mol. The van der Waals surface area contributed by atoms with Crippen molar-refractivity contribution in [1.29, 1.82) is 0 Å². The van der Waals surface area contributed by atoms with Gasteiger partial charge in [0.05, 0.1) is 0 Å². The summed E-state index contributed by atoms with van der Waals surface area (Å²) < 4.78 is 0. The Morgan fingerprint density at radius 1 is 1.80 bits per heavy atom. The number of carbonyl (C=O) groups is 1. The topological polar surface area (TPSA) is 29.1 Å². The van der Waals surface area contributed by atoms with Crippen LogP contribution in [0, 0.1) is 18.3 Å². The summed E-state index contributed by atoms with van der Waals surface area (Å²) in [5.41, 5.74) is 0. The Kier molecular flexibility index (Phi) is 4.61. The van der Waals surface area contributed by atoms with Gasteiger partial charge in [0.25, 0.3) is 0 Å². The maximum Gasteiger partial charge on any atom is 0.209 e. The van der Waals surface area contributed by atoms with Gasteiger partial charge in [-0.2, -0.15) is 0 Å². The predicted molar refractivity (Wildman–Crippen MR) is 41.5 cm³/mol. The summed E-state index contributed by atoms with van der Waals surface area (Å²) in [6.07, 6.45) is 4.92. The Morgan fingerprint density at radius 2 is 2.40 bits per heavy atom. The molecule has 0 radical (unpaired) electrons. The van der Waals surface area contributed by atoms with E-state index in [-0.39, 0.29) is 11.7 Å². The van der Waals surface area contributed by atoms with Crippen LogP contribution in [0.5, 0.6) is 0 Å². The third kappa shape index (κ3) is 3.26. The van der Waals surface area contributed by atoms with Crippen LogP contribution in [0.2, 0.25) is 0 Å². The number of Topliss-reactive ketones (excluding diaryl/α,β-unsaturated/α-hetero) is 1. The van der Waals surface area contributed by atoms with Gasteiger partial charge in [0.1, 0.15) is 0 Å². The molecular formula is C8H13NO. The van der Waals surface area contributed by atoms with Gasteiger partial charge in [0.15, 0.2) is 0 Å². The van der Waals surface area contributed by atoms with Gasteiger partial charge in [-0.1, -0.05) is 13.8 Å². The smallest absolute Gasteiger partial charge is 0.209 e. The summed E-state index contributed by atoms with van der Waals surface area (Å²) in [5, 5.41) is 3.05. The molecule has 1 atom stereocenters. The summed E-state index contributed by atoms with van der Waals surface area (Å²) in [6, 6.07) is 0. The quantitative estimate of drug-likeness (QED) is 0.452. The molecule has 1 unspecified atom stereocenters. The van der Waals surface area contributed by atoms with Crippen molar-refractivity contribution < 1.29 is 4.79 Å². The number of rotatable bonds is 4. The Hall–Kier alpha value is -0.810. The molecule has 0 fully saturated rings. The molecule has 0 rings (SSSR count). The van der Waals surface area contributed by atoms with Crippen LogP contribution in [0.1, 0.15) is 13.8 Å². The van der Waals surface area contributed by atoms with E-state index < -0.39 is 0 Å². The summed E-state index contributed by atoms with van der Waals surface area (Å²) in [7, 11) is 0. The highest BCUT2D eigenvalue weighted by Gasteiger charge is 2.07. The Bertz CT molecular complexity index is 146. The van der Waals surface area contributed by atoms with Crippen LogP contribution < -0.4 is 5.32 Å². The number of hydrogen-bond acceptors (Lipinski definition) is 2. The Labute approximate surface area is 62.0 Å². The maximum atomic E-state index is 10.7. The van der Waals surface area contributed by atoms with Crippen molar-refractivity contribution >= 4 is 5.78 Å². The van der Waals surface area contributed by atoms with Crippen molar-refractivity contribution in [2.24, 2.45) is 5.92 Å². The molecule has 2 heteroatoms. The lowest BCUT2D eigenvalue weighted by Crippen LogP contribution is -2.25. The lowest BCUT2D eigenvalue weighted by atomic mass is 10.1. The van der Waals surface area contributed by atoms with Gasteiger partial charge in [-0.15, -0.1) is 6.42 Å². The van der Waals surface area contributed by atoms with E-state index in [0.717, 1.165) is 6.54 Å². The lowest BCUT2D eigenvalue weighted by Gasteiger charge is -2.05. The minimum atomic E-state index is -0.124. The molecule has 56 valence electrons. The summed E-state index contributed by atoms with van der Waals surface area (Å²) >= 11 is 0. The summed E-state index contributed by atoms with van der Waals surface area (Å²) in [5.74, 6) is 1.92. The van der Waals surface area contributed by atoms with Crippen molar-refractivity contribution in [1.82, 2.24) is 5.32 Å². The Morgan fingerprint density at radius 3 is 2.80 bits per heavy atom. The summed E-state index contributed by atoms with van der Waals surface area (Å²) in [4.78, 5) is 10.7. The second-order valence-corrected chi connectivity index (χ2v) is 2.22. The highest BCUT2D eigenvalue weighted by Crippen LogP contribution is 1.92. The van der Waals surface area contributed by atoms with Crippen LogP contribution in [0.25, 0.3) is 0 Å². The number of ketones is 1. The largest absolute Gasteiger partial charge is 0.316 e. The fraction of sp³-hybridized carbons (Fsp3) is 0.625. The summed E-state index contributed by atoms with van der Waals surface area (Å²) in [6.45, 7) is 5.37. The fourth-order valence-corrected chi connectivity index (χ4v) is 0.596. The zero-order valence-electron chi connectivity index (χ0n) is 6.48. The van der Waals surface area contributed by atoms with E-state index in [1.165, 1.54) is 0 Å². The van der Waals surface area contributed by atoms with E-state index in [4.69, 9.17) is 6.42 Å². The van der Waals surface area contributed by atoms with Crippen LogP contribution in [0.4, 0.5) is 0 Å². The zero-order valence-corrected chi connectivity index (χ0v) is 6.48. The third-order valence-corrected chi connectivity index (χ3v) is 1.29. The van der Waals surface area contributed by atoms with E-state index in [2.05, 4.69) is 11.2 Å². The number of hydrogen-bond donors (Lipinski definition) is 1. The molecule has 0 aromatic heterocycles. The molecule has 0 aromatic rings. The number of carbonyl (C=O) groups excluding carboxylic acids is 1. The minimum Gasteiger partial charge on any atom is -0.316 e. The molecule has 0 aromatic carbocycles. The molecular weight excluding hydrogens is 126 g/mol. The molecule has 0 amide bonds. The predicted octanol–water partition coefficient (Wildman–Crippen LogP) is 0.434. The molecule has 0 bridgehead atoms. The van der Waals surface area contributed by atoms with Crippen molar-refractivity contribution in [2.45, 2.75) is 13.8 Å². The first-order valence-electron chi connectivity index (χ1n) is 3.43. The third-order valence-electron chi connectivity index (χ3n) is 1.29. The molecule has 10 heavy (non-hydrogen) atoms. The first-order valence-corrected chi connectivity index (χ1v) is 3.43. The van der Waals surface area contributed by atoms with Crippen LogP contribution >= 0.6 is 0 Å². The SMILES string of the molecule is C#CC(=O)C(C)CNCC. The van der Waals surface area contributed by atoms with Crippen molar-refractivity contribution in [2.75, 3.05) is 13.1 Å². The van der Waals surface area contributed by atoms with Crippen molar-refractivity contribution in [3.63, 3.8) is 0 Å². The number of terminal acetylenes is 1. The normalized spacial score (nSPS) is 12.1. The maximum absolute atomic E-state index is 10.7. The van der Waals surface area contributed by atoms with Gasteiger partial charge in [-0.3, -0.25) is 4.79 Å². The van der Waals surface area contributed by atoms with Crippen LogP contribution in [0.3, 0.4) is 0 Å². The highest BCUT2D eigenvalue weighted by atomic mass is 16.1. The van der Waals surface area contributed by atoms with Gasteiger partial charge in [-0.05, 0) is 12.5 Å². The van der Waals surface area contributed by atoms with Gasteiger partial charge < -0.3 is 5.32 Å². The van der Waals surface area contributed by atoms with E-state index in [1.54, 1.807) is 0 Å². The molecule has 0 spiro atoms. The first kappa shape index (κ1) is 9.19. The van der Waals surface area contributed by atoms with Crippen LogP contribution in [-0.2, 0) is 4.79 Å². The van der Waals surface area contributed by atoms with E-state index in [1.807, 2.05) is 13.8 Å². The van der Waals surface area contributed by atoms with Gasteiger partial charge in [-0.25, -0.2) is 0 Å². The van der Waals surface area contributed by atoms with Crippen molar-refractivity contribution in [3.05, 3.63) is 0 Å². The number of nitrogens with one attached hydrogen (secondary N) is 1. The average molecular weight is 139 g/mol. The first-order chi connectivity index (χ1) is 4.72. The minimum absolute atomic E-state index is 0.0510. The van der Waals surface area contributed by atoms with Crippen LogP contribution in [0.15, 0.2) is 0 Å². The molecule has 0 aliphatic carbocycles. The van der Waals surface area contributed by atoms with E-state index >= 15 is 0 Å². The fourth-order valence-electron chi connectivity index (χ4n) is 0.596. The van der Waals surface area contributed by atoms with Gasteiger partial charge in [0, 0.05) is 12.5 Å². The van der Waals surface area contributed by atoms with Gasteiger partial charge in [0.2, 0.25) is 5.78 Å². The molecule has 0 saturated carbocycles. The Balaban J connectivity index is 3.54. The van der Waals surface area contributed by atoms with E-state index in [0.29, 0.717) is 6.54 Å². The van der Waals surface area contributed by atoms with E-state index in [9.17, 15) is 4.79 Å². The molecule has 0 heterocycles. The molecule has 1 N–H and O–H groups in total. The molecule has 2 nitrogen and oxygen atoms in total. The van der Waals surface area contributed by atoms with Crippen LogP contribution in [-0.4, -0.2) is 18.9 Å². The van der Waals surface area contributed by atoms with Crippen molar-refractivity contribution in [3.8, 4) is 12.3 Å². The lowest BCUT2D eigenvalue weighted by molar-refractivity contribution is -0.116. The second-order valence-electron chi connectivity index (χ2n) is 2.22. The average Bonchev–Trinajstić information content (AvgIpc) is 1.98. The zero-order chi connectivity index (χ0) is 7.98. The highest BCUT2D eigenvalue weighted by molar-refractivity contribution is 5.96. The second kappa shape index (κ2) is 5.01.